The lowest BCUT2D eigenvalue weighted by Crippen LogP contribution is -2.19. The van der Waals surface area contributed by atoms with E-state index in [0.717, 1.165) is 17.0 Å². The van der Waals surface area contributed by atoms with Crippen LogP contribution < -0.4 is 15.4 Å². The van der Waals surface area contributed by atoms with Crippen LogP contribution in [0.4, 0.5) is 17.1 Å². The molecule has 0 aliphatic heterocycles. The highest BCUT2D eigenvalue weighted by atomic mass is 32.1. The van der Waals surface area contributed by atoms with Gasteiger partial charge in [-0.25, -0.2) is 0 Å². The Labute approximate surface area is 139 Å². The average Bonchev–Trinajstić information content (AvgIpc) is 2.51. The highest BCUT2D eigenvalue weighted by Crippen LogP contribution is 2.22. The van der Waals surface area contributed by atoms with Gasteiger partial charge in [0.2, 0.25) is 0 Å². The average molecular weight is 331 g/mol. The molecular weight excluding hydrogens is 314 g/mol. The number of rotatable bonds is 5. The van der Waals surface area contributed by atoms with Gasteiger partial charge >= 0.3 is 0 Å². The number of anilines is 2. The Kier molecular flexibility index (Phi) is 5.48. The first-order valence-electron chi connectivity index (χ1n) is 7.05. The van der Waals surface area contributed by atoms with Crippen molar-refractivity contribution >= 4 is 34.4 Å². The van der Waals surface area contributed by atoms with Gasteiger partial charge in [-0.05, 0) is 55.9 Å². The Morgan fingerprint density at radius 3 is 2.52 bits per heavy atom. The number of hydrogen-bond donors (Lipinski definition) is 2. The maximum Gasteiger partial charge on any atom is 0.271 e. The third-order valence-electron chi connectivity index (χ3n) is 3.10. The lowest BCUT2D eigenvalue weighted by Gasteiger charge is -2.13. The second-order valence-electron chi connectivity index (χ2n) is 4.79. The molecule has 0 aliphatic rings. The maximum absolute atomic E-state index is 10.8. The summed E-state index contributed by atoms with van der Waals surface area (Å²) in [6.45, 7) is 4.39. The summed E-state index contributed by atoms with van der Waals surface area (Å²) in [6.07, 6.45) is 0. The van der Waals surface area contributed by atoms with Gasteiger partial charge in [-0.1, -0.05) is 6.07 Å². The number of benzene rings is 2. The van der Waals surface area contributed by atoms with Crippen LogP contribution in [0.2, 0.25) is 0 Å². The highest BCUT2D eigenvalue weighted by Gasteiger charge is 2.09. The second-order valence-corrected chi connectivity index (χ2v) is 5.20. The zero-order valence-corrected chi connectivity index (χ0v) is 13.6. The van der Waals surface area contributed by atoms with Gasteiger partial charge in [0.15, 0.2) is 5.11 Å². The molecule has 0 bridgehead atoms. The number of nitrogens with zero attached hydrogens (tertiary/aromatic N) is 1. The zero-order valence-electron chi connectivity index (χ0n) is 12.8. The van der Waals surface area contributed by atoms with Gasteiger partial charge in [-0.2, -0.15) is 0 Å². The summed E-state index contributed by atoms with van der Waals surface area (Å²) in [5.74, 6) is 0.784. The number of aryl methyl sites for hydroxylation is 1. The maximum atomic E-state index is 10.8. The van der Waals surface area contributed by atoms with E-state index in [1.165, 1.54) is 12.1 Å². The van der Waals surface area contributed by atoms with Crippen LogP contribution >= 0.6 is 12.2 Å². The fraction of sp³-hybridized carbons (Fsp3) is 0.188. The largest absolute Gasteiger partial charge is 0.494 e. The molecule has 0 amide bonds. The van der Waals surface area contributed by atoms with E-state index in [-0.39, 0.29) is 5.69 Å². The van der Waals surface area contributed by atoms with E-state index in [4.69, 9.17) is 17.0 Å². The van der Waals surface area contributed by atoms with Crippen molar-refractivity contribution in [3.8, 4) is 5.75 Å². The van der Waals surface area contributed by atoms with Crippen LogP contribution in [0.3, 0.4) is 0 Å². The van der Waals surface area contributed by atoms with Crippen LogP contribution in [0.5, 0.6) is 5.75 Å². The zero-order chi connectivity index (χ0) is 16.8. The summed E-state index contributed by atoms with van der Waals surface area (Å²) in [5.41, 5.74) is 2.28. The molecule has 0 aromatic heterocycles. The predicted molar refractivity (Wildman–Crippen MR) is 95.3 cm³/mol. The molecule has 0 unspecified atom stereocenters. The number of thiocarbonyl (C=S) groups is 1. The van der Waals surface area contributed by atoms with E-state index >= 15 is 0 Å². The molecule has 2 rings (SSSR count). The Morgan fingerprint density at radius 2 is 1.91 bits per heavy atom. The summed E-state index contributed by atoms with van der Waals surface area (Å²) in [4.78, 5) is 10.4. The molecule has 0 aliphatic carbocycles. The van der Waals surface area contributed by atoms with Gasteiger partial charge in [-0.3, -0.25) is 10.1 Å². The van der Waals surface area contributed by atoms with Crippen LogP contribution in [0, 0.1) is 17.0 Å². The lowest BCUT2D eigenvalue weighted by molar-refractivity contribution is -0.384. The first-order chi connectivity index (χ1) is 11.0. The van der Waals surface area contributed by atoms with Crippen molar-refractivity contribution in [2.24, 2.45) is 0 Å². The minimum Gasteiger partial charge on any atom is -0.494 e. The number of nitro groups is 1. The van der Waals surface area contributed by atoms with Crippen molar-refractivity contribution < 1.29 is 9.66 Å². The van der Waals surface area contributed by atoms with Crippen LogP contribution in [-0.2, 0) is 0 Å². The van der Waals surface area contributed by atoms with Crippen LogP contribution in [0.25, 0.3) is 0 Å². The molecule has 2 aromatic carbocycles. The van der Waals surface area contributed by atoms with Gasteiger partial charge in [0.1, 0.15) is 5.75 Å². The molecule has 120 valence electrons. The quantitative estimate of drug-likeness (QED) is 0.488. The van der Waals surface area contributed by atoms with Crippen molar-refractivity contribution in [2.75, 3.05) is 17.2 Å². The van der Waals surface area contributed by atoms with Gasteiger partial charge < -0.3 is 15.4 Å². The molecule has 7 heteroatoms. The van der Waals surface area contributed by atoms with Crippen LogP contribution in [0.15, 0.2) is 42.5 Å². The monoisotopic (exact) mass is 331 g/mol. The second kappa shape index (κ2) is 7.55. The SMILES string of the molecule is CCOc1ccc(NC(=S)Nc2cc([N+](=O)[O-])ccc2C)cc1. The lowest BCUT2D eigenvalue weighted by atomic mass is 10.2. The summed E-state index contributed by atoms with van der Waals surface area (Å²) in [7, 11) is 0. The Bertz CT molecular complexity index is 717. The van der Waals surface area contributed by atoms with Gasteiger partial charge in [-0.15, -0.1) is 0 Å². The van der Waals surface area contributed by atoms with Gasteiger partial charge in [0, 0.05) is 23.5 Å². The Balaban J connectivity index is 2.04. The van der Waals surface area contributed by atoms with E-state index in [1.807, 2.05) is 38.1 Å². The Morgan fingerprint density at radius 1 is 1.22 bits per heavy atom. The molecule has 6 nitrogen and oxygen atoms in total. The number of non-ortho nitro benzene ring substituents is 1. The highest BCUT2D eigenvalue weighted by molar-refractivity contribution is 7.80. The minimum atomic E-state index is -0.437. The van der Waals surface area contributed by atoms with Gasteiger partial charge in [0.25, 0.3) is 5.69 Å². The molecule has 0 atom stereocenters. The topological polar surface area (TPSA) is 76.4 Å². The first-order valence-corrected chi connectivity index (χ1v) is 7.46. The van der Waals surface area contributed by atoms with Crippen molar-refractivity contribution in [1.29, 1.82) is 0 Å². The number of ether oxygens (including phenoxy) is 1. The fourth-order valence-corrected chi connectivity index (χ4v) is 2.17. The smallest absolute Gasteiger partial charge is 0.271 e. The van der Waals surface area contributed by atoms with E-state index in [0.29, 0.717) is 17.4 Å². The first kappa shape index (κ1) is 16.7. The van der Waals surface area contributed by atoms with E-state index in [2.05, 4.69) is 10.6 Å². The van der Waals surface area contributed by atoms with Crippen LogP contribution in [0.1, 0.15) is 12.5 Å². The Hall–Kier alpha value is -2.67. The predicted octanol–water partition coefficient (Wildman–Crippen LogP) is 4.11. The molecule has 0 heterocycles. The number of nitrogens with one attached hydrogen (secondary N) is 2. The van der Waals surface area contributed by atoms with Crippen molar-refractivity contribution in [2.45, 2.75) is 13.8 Å². The molecular formula is C16H17N3O3S. The molecule has 0 spiro atoms. The van der Waals surface area contributed by atoms with Crippen molar-refractivity contribution in [3.63, 3.8) is 0 Å². The minimum absolute atomic E-state index is 0.0157. The third-order valence-corrected chi connectivity index (χ3v) is 3.31. The summed E-state index contributed by atoms with van der Waals surface area (Å²) in [5, 5.41) is 17.2. The fourth-order valence-electron chi connectivity index (χ4n) is 1.94. The van der Waals surface area contributed by atoms with E-state index in [9.17, 15) is 10.1 Å². The van der Waals surface area contributed by atoms with Crippen molar-refractivity contribution in [3.05, 3.63) is 58.1 Å². The van der Waals surface area contributed by atoms with E-state index < -0.39 is 4.92 Å². The number of nitro benzene ring substituents is 1. The molecule has 0 fully saturated rings. The van der Waals surface area contributed by atoms with Gasteiger partial charge in [0.05, 0.1) is 11.5 Å². The molecule has 0 radical (unpaired) electrons. The molecule has 2 aromatic rings. The van der Waals surface area contributed by atoms with Crippen LogP contribution in [-0.4, -0.2) is 16.6 Å². The van der Waals surface area contributed by atoms with Crippen molar-refractivity contribution in [1.82, 2.24) is 0 Å². The molecule has 2 N–H and O–H groups in total. The number of hydrogen-bond acceptors (Lipinski definition) is 4. The molecule has 0 saturated carbocycles. The summed E-state index contributed by atoms with van der Waals surface area (Å²) >= 11 is 5.25. The summed E-state index contributed by atoms with van der Waals surface area (Å²) in [6, 6.07) is 12.0. The standard InChI is InChI=1S/C16H17N3O3S/c1-3-22-14-8-5-12(6-9-14)17-16(23)18-15-10-13(19(20)21)7-4-11(15)2/h4-10H,3H2,1-2H3,(H2,17,18,23). The normalized spacial score (nSPS) is 10.0. The molecule has 23 heavy (non-hydrogen) atoms. The third kappa shape index (κ3) is 4.65. The van der Waals surface area contributed by atoms with E-state index in [1.54, 1.807) is 6.07 Å². The summed E-state index contributed by atoms with van der Waals surface area (Å²) < 4.78 is 5.37. The molecule has 0 saturated heterocycles.